The van der Waals surface area contributed by atoms with E-state index in [1.54, 1.807) is 0 Å². The molecule has 0 aliphatic heterocycles. The molecule has 0 heterocycles. The van der Waals surface area contributed by atoms with Crippen molar-refractivity contribution in [1.82, 2.24) is 0 Å². The van der Waals surface area contributed by atoms with Crippen LogP contribution in [0.1, 0.15) is 44.7 Å². The van der Waals surface area contributed by atoms with Crippen LogP contribution in [0.2, 0.25) is 0 Å². The lowest BCUT2D eigenvalue weighted by Gasteiger charge is -2.21. The molecule has 2 atom stereocenters. The zero-order valence-electron chi connectivity index (χ0n) is 10.9. The Labute approximate surface area is 98.8 Å². The minimum Gasteiger partial charge on any atom is -0.489 e. The molecule has 0 radical (unpaired) electrons. The van der Waals surface area contributed by atoms with Crippen LogP contribution < -0.4 is 10.5 Å². The third-order valence-corrected chi connectivity index (χ3v) is 2.84. The Bertz CT molecular complexity index is 345. The smallest absolute Gasteiger partial charge is 0.123 e. The predicted octanol–water partition coefficient (Wildman–Crippen LogP) is 3.23. The predicted molar refractivity (Wildman–Crippen MR) is 69.0 cm³/mol. The van der Waals surface area contributed by atoms with E-state index in [0.717, 1.165) is 5.75 Å². The Balaban J connectivity index is 2.96. The maximum atomic E-state index is 5.92. The molecule has 1 aromatic rings. The summed E-state index contributed by atoms with van der Waals surface area (Å²) >= 11 is 0. The zero-order chi connectivity index (χ0) is 12.3. The van der Waals surface area contributed by atoms with Gasteiger partial charge in [-0.2, -0.15) is 0 Å². The van der Waals surface area contributed by atoms with Gasteiger partial charge in [-0.25, -0.2) is 0 Å². The number of benzene rings is 1. The van der Waals surface area contributed by atoms with Gasteiger partial charge in [-0.15, -0.1) is 0 Å². The van der Waals surface area contributed by atoms with Crippen LogP contribution >= 0.6 is 0 Å². The Morgan fingerprint density at radius 2 is 1.75 bits per heavy atom. The molecular weight excluding hydrogens is 198 g/mol. The van der Waals surface area contributed by atoms with Crippen LogP contribution in [0.5, 0.6) is 5.75 Å². The van der Waals surface area contributed by atoms with Gasteiger partial charge in [-0.3, -0.25) is 0 Å². The van der Waals surface area contributed by atoms with E-state index in [-0.39, 0.29) is 12.1 Å². The molecule has 0 aliphatic carbocycles. The van der Waals surface area contributed by atoms with Crippen molar-refractivity contribution in [2.45, 2.75) is 52.7 Å². The average molecular weight is 221 g/mol. The van der Waals surface area contributed by atoms with Gasteiger partial charge in [0.25, 0.3) is 0 Å². The Morgan fingerprint density at radius 3 is 2.25 bits per heavy atom. The molecule has 90 valence electrons. The van der Waals surface area contributed by atoms with Crippen molar-refractivity contribution in [2.75, 3.05) is 0 Å². The van der Waals surface area contributed by atoms with Gasteiger partial charge in [0.15, 0.2) is 0 Å². The fraction of sp³-hybridized carbons (Fsp3) is 0.571. The first-order valence-corrected chi connectivity index (χ1v) is 5.94. The van der Waals surface area contributed by atoms with Crippen LogP contribution in [-0.2, 0) is 0 Å². The first-order chi connectivity index (χ1) is 7.41. The number of hydrogen-bond acceptors (Lipinski definition) is 2. The van der Waals surface area contributed by atoms with E-state index >= 15 is 0 Å². The lowest BCUT2D eigenvalue weighted by molar-refractivity contribution is 0.194. The fourth-order valence-corrected chi connectivity index (χ4v) is 1.53. The molecule has 16 heavy (non-hydrogen) atoms. The van der Waals surface area contributed by atoms with E-state index < -0.39 is 0 Å². The summed E-state index contributed by atoms with van der Waals surface area (Å²) in [6.07, 6.45) is 0.0410. The molecule has 1 unspecified atom stereocenters. The Hall–Kier alpha value is -1.02. The lowest BCUT2D eigenvalue weighted by Crippen LogP contribution is -2.33. The summed E-state index contributed by atoms with van der Waals surface area (Å²) in [6.45, 7) is 10.4. The number of hydrogen-bond donors (Lipinski definition) is 1. The standard InChI is InChI=1S/C14H23NO/c1-9(2)13-7-6-10(3)8-14(13)16-12(5)11(4)15/h6-9,11-12H,15H2,1-5H3/t11-,12?/m1/s1. The van der Waals surface area contributed by atoms with E-state index in [2.05, 4.69) is 39.0 Å². The van der Waals surface area contributed by atoms with E-state index in [9.17, 15) is 0 Å². The van der Waals surface area contributed by atoms with Crippen LogP contribution in [0.25, 0.3) is 0 Å². The molecule has 2 nitrogen and oxygen atoms in total. The fourth-order valence-electron chi connectivity index (χ4n) is 1.53. The number of aryl methyl sites for hydroxylation is 1. The Morgan fingerprint density at radius 1 is 1.12 bits per heavy atom. The molecule has 0 bridgehead atoms. The summed E-state index contributed by atoms with van der Waals surface area (Å²) in [4.78, 5) is 0. The third kappa shape index (κ3) is 3.24. The van der Waals surface area contributed by atoms with Crippen molar-refractivity contribution in [3.63, 3.8) is 0 Å². The summed E-state index contributed by atoms with van der Waals surface area (Å²) < 4.78 is 5.92. The molecule has 2 heteroatoms. The molecular formula is C14H23NO. The van der Waals surface area contributed by atoms with Crippen molar-refractivity contribution in [3.8, 4) is 5.75 Å². The van der Waals surface area contributed by atoms with Gasteiger partial charge in [-0.1, -0.05) is 26.0 Å². The second-order valence-electron chi connectivity index (χ2n) is 4.88. The van der Waals surface area contributed by atoms with Gasteiger partial charge in [0.1, 0.15) is 11.9 Å². The van der Waals surface area contributed by atoms with Gasteiger partial charge in [0, 0.05) is 6.04 Å². The molecule has 0 amide bonds. The quantitative estimate of drug-likeness (QED) is 0.847. The highest BCUT2D eigenvalue weighted by molar-refractivity contribution is 5.39. The molecule has 0 saturated carbocycles. The van der Waals surface area contributed by atoms with Crippen LogP contribution in [-0.4, -0.2) is 12.1 Å². The molecule has 1 rings (SSSR count). The minimum atomic E-state index is 0.0410. The van der Waals surface area contributed by atoms with Gasteiger partial charge in [0.2, 0.25) is 0 Å². The molecule has 2 N–H and O–H groups in total. The van der Waals surface area contributed by atoms with Crippen LogP contribution in [0, 0.1) is 6.92 Å². The van der Waals surface area contributed by atoms with Crippen molar-refractivity contribution in [1.29, 1.82) is 0 Å². The highest BCUT2D eigenvalue weighted by Gasteiger charge is 2.13. The van der Waals surface area contributed by atoms with Crippen molar-refractivity contribution < 1.29 is 4.74 Å². The number of ether oxygens (including phenoxy) is 1. The van der Waals surface area contributed by atoms with Crippen molar-refractivity contribution >= 4 is 0 Å². The minimum absolute atomic E-state index is 0.0410. The topological polar surface area (TPSA) is 35.2 Å². The maximum Gasteiger partial charge on any atom is 0.123 e. The van der Waals surface area contributed by atoms with Gasteiger partial charge in [-0.05, 0) is 43.9 Å². The summed E-state index contributed by atoms with van der Waals surface area (Å²) in [5.41, 5.74) is 8.29. The molecule has 0 spiro atoms. The van der Waals surface area contributed by atoms with Crippen LogP contribution in [0.4, 0.5) is 0 Å². The normalized spacial score (nSPS) is 14.9. The van der Waals surface area contributed by atoms with E-state index in [1.807, 2.05) is 13.8 Å². The first-order valence-electron chi connectivity index (χ1n) is 5.94. The van der Waals surface area contributed by atoms with Crippen molar-refractivity contribution in [2.24, 2.45) is 5.73 Å². The molecule has 0 aliphatic rings. The maximum absolute atomic E-state index is 5.92. The Kier molecular flexibility index (Phi) is 4.36. The summed E-state index contributed by atoms with van der Waals surface area (Å²) in [5, 5.41) is 0. The van der Waals surface area contributed by atoms with E-state index in [4.69, 9.17) is 10.5 Å². The first kappa shape index (κ1) is 13.0. The van der Waals surface area contributed by atoms with E-state index in [1.165, 1.54) is 11.1 Å². The van der Waals surface area contributed by atoms with Gasteiger partial charge < -0.3 is 10.5 Å². The molecule has 0 aromatic heterocycles. The second-order valence-corrected chi connectivity index (χ2v) is 4.88. The highest BCUT2D eigenvalue weighted by Crippen LogP contribution is 2.28. The van der Waals surface area contributed by atoms with Gasteiger partial charge >= 0.3 is 0 Å². The zero-order valence-corrected chi connectivity index (χ0v) is 10.9. The van der Waals surface area contributed by atoms with E-state index in [0.29, 0.717) is 5.92 Å². The van der Waals surface area contributed by atoms with Gasteiger partial charge in [0.05, 0.1) is 0 Å². The SMILES string of the molecule is Cc1ccc(C(C)C)c(OC(C)[C@@H](C)N)c1. The number of nitrogens with two attached hydrogens (primary N) is 1. The average Bonchev–Trinajstić information content (AvgIpc) is 2.16. The molecule has 0 fully saturated rings. The second kappa shape index (κ2) is 5.35. The largest absolute Gasteiger partial charge is 0.489 e. The third-order valence-electron chi connectivity index (χ3n) is 2.84. The monoisotopic (exact) mass is 221 g/mol. The summed E-state index contributed by atoms with van der Waals surface area (Å²) in [5.74, 6) is 1.44. The van der Waals surface area contributed by atoms with Crippen LogP contribution in [0.15, 0.2) is 18.2 Å². The number of rotatable bonds is 4. The summed E-state index contributed by atoms with van der Waals surface area (Å²) in [7, 11) is 0. The van der Waals surface area contributed by atoms with Crippen LogP contribution in [0.3, 0.4) is 0 Å². The van der Waals surface area contributed by atoms with Crippen molar-refractivity contribution in [3.05, 3.63) is 29.3 Å². The lowest BCUT2D eigenvalue weighted by atomic mass is 10.0. The summed E-state index contributed by atoms with van der Waals surface area (Å²) in [6, 6.07) is 6.40. The molecule has 1 aromatic carbocycles. The highest BCUT2D eigenvalue weighted by atomic mass is 16.5. The molecule has 0 saturated heterocycles.